The molecule has 1 heterocycles. The minimum absolute atomic E-state index is 0.720. The van der Waals surface area contributed by atoms with E-state index in [2.05, 4.69) is 48.5 Å². The van der Waals surface area contributed by atoms with Crippen molar-refractivity contribution in [2.45, 2.75) is 33.4 Å². The van der Waals surface area contributed by atoms with Crippen LogP contribution in [0.4, 0.5) is 0 Å². The Morgan fingerprint density at radius 1 is 1.16 bits per heavy atom. The van der Waals surface area contributed by atoms with E-state index in [0.29, 0.717) is 0 Å². The first-order valence-electron chi connectivity index (χ1n) is 7.00. The molecule has 19 heavy (non-hydrogen) atoms. The van der Waals surface area contributed by atoms with Crippen molar-refractivity contribution in [2.24, 2.45) is 5.92 Å². The van der Waals surface area contributed by atoms with Crippen molar-refractivity contribution in [1.29, 1.82) is 0 Å². The standard InChI is InChI=1S/C16H23N3/c1-14(2)12-15-4-6-16(7-5-15)13-17-9-11-19-10-3-8-18-19/h3-8,10,14,17H,9,11-13H2,1-2H3. The molecule has 0 spiro atoms. The van der Waals surface area contributed by atoms with E-state index in [0.717, 1.165) is 32.0 Å². The smallest absolute Gasteiger partial charge is 0.0534 e. The van der Waals surface area contributed by atoms with Crippen LogP contribution in [-0.2, 0) is 19.5 Å². The van der Waals surface area contributed by atoms with Crippen LogP contribution in [0, 0.1) is 5.92 Å². The van der Waals surface area contributed by atoms with Crippen molar-refractivity contribution < 1.29 is 0 Å². The lowest BCUT2D eigenvalue weighted by Crippen LogP contribution is -2.19. The lowest BCUT2D eigenvalue weighted by molar-refractivity contribution is 0.555. The first-order valence-corrected chi connectivity index (χ1v) is 7.00. The number of aromatic nitrogens is 2. The molecule has 0 unspecified atom stereocenters. The van der Waals surface area contributed by atoms with Crippen molar-refractivity contribution in [1.82, 2.24) is 15.1 Å². The fraction of sp³-hybridized carbons (Fsp3) is 0.438. The van der Waals surface area contributed by atoms with Gasteiger partial charge >= 0.3 is 0 Å². The summed E-state index contributed by atoms with van der Waals surface area (Å²) in [6.07, 6.45) is 4.96. The summed E-state index contributed by atoms with van der Waals surface area (Å²) < 4.78 is 1.94. The highest BCUT2D eigenvalue weighted by Gasteiger charge is 1.98. The van der Waals surface area contributed by atoms with Crippen LogP contribution in [0.25, 0.3) is 0 Å². The van der Waals surface area contributed by atoms with Gasteiger partial charge in [0.05, 0.1) is 6.54 Å². The van der Waals surface area contributed by atoms with E-state index in [9.17, 15) is 0 Å². The quantitative estimate of drug-likeness (QED) is 0.773. The molecule has 3 heteroatoms. The molecule has 0 aliphatic carbocycles. The largest absolute Gasteiger partial charge is 0.311 e. The van der Waals surface area contributed by atoms with Crippen LogP contribution in [0.15, 0.2) is 42.7 Å². The Kier molecular flexibility index (Phi) is 5.16. The number of hydrogen-bond acceptors (Lipinski definition) is 2. The third-order valence-corrected chi connectivity index (χ3v) is 3.07. The van der Waals surface area contributed by atoms with E-state index in [1.54, 1.807) is 0 Å². The van der Waals surface area contributed by atoms with Gasteiger partial charge in [-0.3, -0.25) is 4.68 Å². The number of rotatable bonds is 7. The molecule has 2 rings (SSSR count). The molecular formula is C16H23N3. The van der Waals surface area contributed by atoms with Gasteiger partial charge in [0.2, 0.25) is 0 Å². The van der Waals surface area contributed by atoms with Crippen LogP contribution < -0.4 is 5.32 Å². The lowest BCUT2D eigenvalue weighted by atomic mass is 10.0. The van der Waals surface area contributed by atoms with Crippen LogP contribution in [0.1, 0.15) is 25.0 Å². The summed E-state index contributed by atoms with van der Waals surface area (Å²) in [7, 11) is 0. The van der Waals surface area contributed by atoms with Crippen LogP contribution in [0.5, 0.6) is 0 Å². The van der Waals surface area contributed by atoms with Crippen LogP contribution >= 0.6 is 0 Å². The zero-order chi connectivity index (χ0) is 13.5. The molecule has 3 nitrogen and oxygen atoms in total. The van der Waals surface area contributed by atoms with Crippen molar-refractivity contribution in [2.75, 3.05) is 6.54 Å². The molecular weight excluding hydrogens is 234 g/mol. The second-order valence-electron chi connectivity index (χ2n) is 5.36. The van der Waals surface area contributed by atoms with Gasteiger partial charge in [0.1, 0.15) is 0 Å². The molecule has 0 amide bonds. The van der Waals surface area contributed by atoms with Gasteiger partial charge in [-0.15, -0.1) is 0 Å². The van der Waals surface area contributed by atoms with E-state index >= 15 is 0 Å². The summed E-state index contributed by atoms with van der Waals surface area (Å²) >= 11 is 0. The maximum absolute atomic E-state index is 4.18. The zero-order valence-electron chi connectivity index (χ0n) is 11.8. The molecule has 1 aromatic heterocycles. The predicted octanol–water partition coefficient (Wildman–Crippen LogP) is 2.87. The first kappa shape index (κ1) is 13.8. The monoisotopic (exact) mass is 257 g/mol. The molecule has 0 aliphatic heterocycles. The third-order valence-electron chi connectivity index (χ3n) is 3.07. The Balaban J connectivity index is 1.71. The van der Waals surface area contributed by atoms with E-state index in [1.807, 2.05) is 23.1 Å². The summed E-state index contributed by atoms with van der Waals surface area (Å²) in [6, 6.07) is 10.9. The highest BCUT2D eigenvalue weighted by Crippen LogP contribution is 2.09. The van der Waals surface area contributed by atoms with Gasteiger partial charge in [0.15, 0.2) is 0 Å². The molecule has 0 bridgehead atoms. The van der Waals surface area contributed by atoms with Crippen LogP contribution in [0.2, 0.25) is 0 Å². The zero-order valence-corrected chi connectivity index (χ0v) is 11.8. The van der Waals surface area contributed by atoms with Crippen LogP contribution in [0.3, 0.4) is 0 Å². The van der Waals surface area contributed by atoms with Crippen molar-refractivity contribution in [3.63, 3.8) is 0 Å². The SMILES string of the molecule is CC(C)Cc1ccc(CNCCn2cccn2)cc1. The van der Waals surface area contributed by atoms with Gasteiger partial charge in [-0.25, -0.2) is 0 Å². The average Bonchev–Trinajstić information content (AvgIpc) is 2.89. The minimum atomic E-state index is 0.720. The molecule has 0 atom stereocenters. The van der Waals surface area contributed by atoms with Crippen molar-refractivity contribution >= 4 is 0 Å². The van der Waals surface area contributed by atoms with E-state index < -0.39 is 0 Å². The molecule has 1 aromatic carbocycles. The van der Waals surface area contributed by atoms with Gasteiger partial charge in [-0.1, -0.05) is 38.1 Å². The van der Waals surface area contributed by atoms with Crippen molar-refractivity contribution in [3.05, 3.63) is 53.9 Å². The van der Waals surface area contributed by atoms with Gasteiger partial charge in [0.25, 0.3) is 0 Å². The number of nitrogens with zero attached hydrogens (tertiary/aromatic N) is 2. The number of benzene rings is 1. The summed E-state index contributed by atoms with van der Waals surface area (Å²) in [5.74, 6) is 0.720. The van der Waals surface area contributed by atoms with E-state index in [-0.39, 0.29) is 0 Å². The average molecular weight is 257 g/mol. The second-order valence-corrected chi connectivity index (χ2v) is 5.36. The van der Waals surface area contributed by atoms with E-state index in [4.69, 9.17) is 0 Å². The Hall–Kier alpha value is -1.61. The molecule has 0 fully saturated rings. The topological polar surface area (TPSA) is 29.9 Å². The molecule has 0 radical (unpaired) electrons. The molecule has 1 N–H and O–H groups in total. The molecule has 0 aliphatic rings. The second kappa shape index (κ2) is 7.10. The molecule has 102 valence electrons. The van der Waals surface area contributed by atoms with E-state index in [1.165, 1.54) is 11.1 Å². The van der Waals surface area contributed by atoms with Gasteiger partial charge in [-0.05, 0) is 29.5 Å². The highest BCUT2D eigenvalue weighted by molar-refractivity contribution is 5.22. The molecule has 0 saturated carbocycles. The summed E-state index contributed by atoms with van der Waals surface area (Å²) in [5.41, 5.74) is 2.77. The Morgan fingerprint density at radius 3 is 2.53 bits per heavy atom. The molecule has 0 saturated heterocycles. The number of nitrogens with one attached hydrogen (secondary N) is 1. The summed E-state index contributed by atoms with van der Waals surface area (Å²) in [5, 5.41) is 7.62. The lowest BCUT2D eigenvalue weighted by Gasteiger charge is -2.08. The Morgan fingerprint density at radius 2 is 1.89 bits per heavy atom. The predicted molar refractivity (Wildman–Crippen MR) is 78.9 cm³/mol. The maximum Gasteiger partial charge on any atom is 0.0534 e. The normalized spacial score (nSPS) is 11.1. The Labute approximate surface area is 115 Å². The van der Waals surface area contributed by atoms with Crippen molar-refractivity contribution in [3.8, 4) is 0 Å². The maximum atomic E-state index is 4.18. The van der Waals surface area contributed by atoms with Gasteiger partial charge in [0, 0.05) is 25.5 Å². The van der Waals surface area contributed by atoms with Crippen LogP contribution in [-0.4, -0.2) is 16.3 Å². The molecule has 2 aromatic rings. The number of hydrogen-bond donors (Lipinski definition) is 1. The summed E-state index contributed by atoms with van der Waals surface area (Å²) in [6.45, 7) is 7.28. The minimum Gasteiger partial charge on any atom is -0.311 e. The summed E-state index contributed by atoms with van der Waals surface area (Å²) in [4.78, 5) is 0. The third kappa shape index (κ3) is 4.87. The van der Waals surface area contributed by atoms with Gasteiger partial charge in [-0.2, -0.15) is 5.10 Å². The Bertz CT molecular complexity index is 457. The van der Waals surface area contributed by atoms with Gasteiger partial charge < -0.3 is 5.32 Å². The highest BCUT2D eigenvalue weighted by atomic mass is 15.3. The first-order chi connectivity index (χ1) is 9.24. The fourth-order valence-electron chi connectivity index (χ4n) is 2.12. The fourth-order valence-corrected chi connectivity index (χ4v) is 2.12.